The van der Waals surface area contributed by atoms with E-state index in [1.807, 2.05) is 0 Å². The Hall–Kier alpha value is -3.74. The third-order valence-electron chi connectivity index (χ3n) is 5.89. The van der Waals surface area contributed by atoms with Crippen LogP contribution in [0.25, 0.3) is 10.4 Å². The largest absolute Gasteiger partial charge is 0.477 e. The fourth-order valence-electron chi connectivity index (χ4n) is 3.80. The summed E-state index contributed by atoms with van der Waals surface area (Å²) >= 11 is 0.833. The smallest absolute Gasteiger partial charge is 0.345 e. The number of carboxylic acids is 1. The van der Waals surface area contributed by atoms with E-state index < -0.39 is 22.0 Å². The van der Waals surface area contributed by atoms with E-state index in [0.29, 0.717) is 37.4 Å². The van der Waals surface area contributed by atoms with Gasteiger partial charge in [0.25, 0.3) is 15.9 Å². The molecule has 0 saturated carbocycles. The highest BCUT2D eigenvalue weighted by molar-refractivity contribution is 7.93. The van der Waals surface area contributed by atoms with Crippen LogP contribution >= 0.6 is 11.3 Å². The Kier molecular flexibility index (Phi) is 7.62. The summed E-state index contributed by atoms with van der Waals surface area (Å²) in [6.07, 6.45) is 0. The molecule has 194 valence electrons. The molecule has 1 aromatic heterocycles. The number of anilines is 1. The molecule has 1 aliphatic heterocycles. The summed E-state index contributed by atoms with van der Waals surface area (Å²) < 4.78 is 38.2. The third kappa shape index (κ3) is 5.36. The first-order valence-electron chi connectivity index (χ1n) is 11.2. The number of thiophene rings is 1. The lowest BCUT2D eigenvalue weighted by molar-refractivity contribution is 0.0303. The molecule has 2 heterocycles. The van der Waals surface area contributed by atoms with Crippen molar-refractivity contribution in [1.82, 2.24) is 4.90 Å². The van der Waals surface area contributed by atoms with Gasteiger partial charge in [0.2, 0.25) is 0 Å². The van der Waals surface area contributed by atoms with Crippen LogP contribution in [0.15, 0.2) is 59.5 Å². The molecule has 37 heavy (non-hydrogen) atoms. The molecule has 1 amide bonds. The molecule has 0 radical (unpaired) electrons. The lowest BCUT2D eigenvalue weighted by atomic mass is 10.1. The second kappa shape index (κ2) is 10.7. The zero-order valence-corrected chi connectivity index (χ0v) is 21.7. The number of hydrogen-bond acceptors (Lipinski definition) is 8. The van der Waals surface area contributed by atoms with E-state index >= 15 is 0 Å². The second-order valence-corrected chi connectivity index (χ2v) is 11.1. The van der Waals surface area contributed by atoms with Gasteiger partial charge in [-0.15, -0.1) is 11.3 Å². The molecular weight excluding hydrogens is 520 g/mol. The van der Waals surface area contributed by atoms with E-state index in [2.05, 4.69) is 4.74 Å². The summed E-state index contributed by atoms with van der Waals surface area (Å²) in [4.78, 5) is 37.8. The van der Waals surface area contributed by atoms with Crippen LogP contribution in [0.3, 0.4) is 0 Å². The minimum Gasteiger partial charge on any atom is -0.477 e. The fourth-order valence-corrected chi connectivity index (χ4v) is 6.52. The number of sulfonamides is 1. The molecule has 0 unspecified atom stereocenters. The first-order chi connectivity index (χ1) is 17.6. The van der Waals surface area contributed by atoms with E-state index in [0.717, 1.165) is 21.7 Å². The normalized spacial score (nSPS) is 13.7. The molecule has 1 aliphatic rings. The Morgan fingerprint density at radius 2 is 1.59 bits per heavy atom. The van der Waals surface area contributed by atoms with E-state index in [1.165, 1.54) is 38.4 Å². The van der Waals surface area contributed by atoms with Gasteiger partial charge in [-0.25, -0.2) is 18.0 Å². The number of nitrogens with zero attached hydrogens (tertiary/aromatic N) is 2. The lowest BCUT2D eigenvalue weighted by Crippen LogP contribution is -2.40. The van der Waals surface area contributed by atoms with E-state index in [4.69, 9.17) is 4.74 Å². The highest BCUT2D eigenvalue weighted by Gasteiger charge is 2.29. The molecule has 0 aliphatic carbocycles. The van der Waals surface area contributed by atoms with Crippen molar-refractivity contribution in [1.29, 1.82) is 0 Å². The number of carbonyl (C=O) groups excluding carboxylic acids is 2. The first-order valence-corrected chi connectivity index (χ1v) is 13.4. The maximum absolute atomic E-state index is 13.6. The number of methoxy groups -OCH3 is 1. The van der Waals surface area contributed by atoms with Crippen molar-refractivity contribution in [3.05, 3.63) is 70.6 Å². The maximum Gasteiger partial charge on any atom is 0.345 e. The third-order valence-corrected chi connectivity index (χ3v) is 9.00. The van der Waals surface area contributed by atoms with Gasteiger partial charge >= 0.3 is 11.9 Å². The predicted molar refractivity (Wildman–Crippen MR) is 137 cm³/mol. The number of aromatic carboxylic acids is 1. The highest BCUT2D eigenvalue weighted by atomic mass is 32.2. The number of hydrogen-bond donors (Lipinski definition) is 1. The van der Waals surface area contributed by atoms with Gasteiger partial charge in [0, 0.05) is 25.7 Å². The monoisotopic (exact) mass is 544 g/mol. The Morgan fingerprint density at radius 3 is 2.16 bits per heavy atom. The first kappa shape index (κ1) is 26.3. The van der Waals surface area contributed by atoms with Crippen molar-refractivity contribution in [2.75, 3.05) is 44.8 Å². The van der Waals surface area contributed by atoms with Gasteiger partial charge in [0.05, 0.1) is 36.5 Å². The van der Waals surface area contributed by atoms with Crippen molar-refractivity contribution in [2.45, 2.75) is 4.90 Å². The van der Waals surface area contributed by atoms with Crippen LogP contribution in [-0.4, -0.2) is 76.7 Å². The SMILES string of the molecule is COC(=O)c1ccc(N(C)S(=O)(=O)c2cc(C(=O)O)sc2-c2ccc(C(=O)N3CCOCC3)cc2)cc1. The zero-order valence-electron chi connectivity index (χ0n) is 20.0. The Balaban J connectivity index is 1.68. The van der Waals surface area contributed by atoms with Gasteiger partial charge in [0.15, 0.2) is 0 Å². The van der Waals surface area contributed by atoms with Crippen LogP contribution in [0, 0.1) is 0 Å². The van der Waals surface area contributed by atoms with Gasteiger partial charge in [-0.05, 0) is 48.0 Å². The summed E-state index contributed by atoms with van der Waals surface area (Å²) in [5.74, 6) is -1.97. The number of rotatable bonds is 7. The molecule has 2 aromatic carbocycles. The van der Waals surface area contributed by atoms with Crippen LogP contribution in [0.2, 0.25) is 0 Å². The molecule has 1 N–H and O–H groups in total. The Morgan fingerprint density at radius 1 is 1.00 bits per heavy atom. The van der Waals surface area contributed by atoms with Gasteiger partial charge in [0.1, 0.15) is 9.77 Å². The topological polar surface area (TPSA) is 131 Å². The van der Waals surface area contributed by atoms with Crippen molar-refractivity contribution in [3.63, 3.8) is 0 Å². The minimum absolute atomic E-state index is 0.142. The number of carboxylic acid groups (broad SMARTS) is 1. The van der Waals surface area contributed by atoms with E-state index in [9.17, 15) is 27.9 Å². The zero-order chi connectivity index (χ0) is 26.7. The lowest BCUT2D eigenvalue weighted by Gasteiger charge is -2.26. The van der Waals surface area contributed by atoms with Crippen LogP contribution in [0.5, 0.6) is 0 Å². The Bertz CT molecular complexity index is 1420. The average molecular weight is 545 g/mol. The van der Waals surface area contributed by atoms with Crippen LogP contribution in [-0.2, 0) is 19.5 Å². The molecule has 10 nitrogen and oxygen atoms in total. The molecule has 12 heteroatoms. The average Bonchev–Trinajstić information content (AvgIpc) is 3.39. The van der Waals surface area contributed by atoms with Crippen LogP contribution in [0.1, 0.15) is 30.4 Å². The quantitative estimate of drug-likeness (QED) is 0.449. The number of carbonyl (C=O) groups is 3. The summed E-state index contributed by atoms with van der Waals surface area (Å²) in [6.45, 7) is 1.92. The number of benzene rings is 2. The molecule has 0 atom stereocenters. The van der Waals surface area contributed by atoms with Crippen molar-refractivity contribution >= 4 is 44.9 Å². The molecule has 1 saturated heterocycles. The van der Waals surface area contributed by atoms with Gasteiger partial charge in [-0.2, -0.15) is 0 Å². The fraction of sp³-hybridized carbons (Fsp3) is 0.240. The van der Waals surface area contributed by atoms with Crippen molar-refractivity contribution < 1.29 is 37.4 Å². The minimum atomic E-state index is -4.19. The van der Waals surface area contributed by atoms with Gasteiger partial charge in [-0.3, -0.25) is 9.10 Å². The molecule has 3 aromatic rings. The van der Waals surface area contributed by atoms with Crippen LogP contribution in [0.4, 0.5) is 5.69 Å². The second-order valence-electron chi connectivity index (χ2n) is 8.10. The molecule has 0 bridgehead atoms. The van der Waals surface area contributed by atoms with Gasteiger partial charge < -0.3 is 19.5 Å². The summed E-state index contributed by atoms with van der Waals surface area (Å²) in [7, 11) is -1.60. The number of amides is 1. The molecule has 1 fully saturated rings. The summed E-state index contributed by atoms with van der Waals surface area (Å²) in [6, 6.07) is 13.3. The molecular formula is C25H24N2O8S2. The van der Waals surface area contributed by atoms with Crippen LogP contribution < -0.4 is 4.31 Å². The number of ether oxygens (including phenoxy) is 2. The standard InChI is InChI=1S/C25H24N2O8S2/c1-26(19-9-7-18(8-10-19)25(31)34-2)37(32,33)21-15-20(24(29)30)36-22(21)16-3-5-17(6-4-16)23(28)27-11-13-35-14-12-27/h3-10,15H,11-14H2,1-2H3,(H,29,30). The number of morpholine rings is 1. The van der Waals surface area contributed by atoms with E-state index in [1.54, 1.807) is 29.2 Å². The number of esters is 1. The Labute approximate surface area is 217 Å². The molecule has 0 spiro atoms. The van der Waals surface area contributed by atoms with Crippen molar-refractivity contribution in [2.24, 2.45) is 0 Å². The summed E-state index contributed by atoms with van der Waals surface area (Å²) in [5.41, 5.74) is 1.43. The maximum atomic E-state index is 13.6. The molecule has 4 rings (SSSR count). The van der Waals surface area contributed by atoms with Crippen molar-refractivity contribution in [3.8, 4) is 10.4 Å². The highest BCUT2D eigenvalue weighted by Crippen LogP contribution is 2.38. The van der Waals surface area contributed by atoms with Gasteiger partial charge in [-0.1, -0.05) is 12.1 Å². The summed E-state index contributed by atoms with van der Waals surface area (Å²) in [5, 5.41) is 9.56. The van der Waals surface area contributed by atoms with E-state index in [-0.39, 0.29) is 31.8 Å². The predicted octanol–water partition coefficient (Wildman–Crippen LogP) is 3.20.